The van der Waals surface area contributed by atoms with Crippen LogP contribution in [0.15, 0.2) is 0 Å². The minimum Gasteiger partial charge on any atom is -0.462 e. The van der Waals surface area contributed by atoms with Gasteiger partial charge in [0.2, 0.25) is 0 Å². The molecule has 0 fully saturated rings. The number of rotatable bonds is 42. The standard InChI is InChI=1S/C47H90O6/c1-5-7-9-11-13-15-17-18-20-21-26-30-34-38-45(48)51-41-44(53-47(50)40-36-32-28-22-19-16-14-12-10-8-6-2)42-52-46(49)39-35-31-27-24-23-25-29-33-37-43(3)4/h43-44H,5-42H2,1-4H3/t44-/m1/s1. The lowest BCUT2D eigenvalue weighted by molar-refractivity contribution is -0.167. The van der Waals surface area contributed by atoms with Gasteiger partial charge >= 0.3 is 17.9 Å². The molecule has 53 heavy (non-hydrogen) atoms. The van der Waals surface area contributed by atoms with Crippen LogP contribution in [-0.2, 0) is 28.6 Å². The first-order valence-electron chi connectivity index (χ1n) is 23.4. The summed E-state index contributed by atoms with van der Waals surface area (Å²) in [6, 6.07) is 0. The van der Waals surface area contributed by atoms with Crippen LogP contribution in [0.2, 0.25) is 0 Å². The van der Waals surface area contributed by atoms with Crippen molar-refractivity contribution in [1.29, 1.82) is 0 Å². The lowest BCUT2D eigenvalue weighted by Gasteiger charge is -2.18. The van der Waals surface area contributed by atoms with Crippen molar-refractivity contribution < 1.29 is 28.6 Å². The second-order valence-electron chi connectivity index (χ2n) is 16.5. The second kappa shape index (κ2) is 41.6. The first-order chi connectivity index (χ1) is 25.9. The molecule has 6 heteroatoms. The summed E-state index contributed by atoms with van der Waals surface area (Å²) >= 11 is 0. The first-order valence-corrected chi connectivity index (χ1v) is 23.4. The number of unbranched alkanes of at least 4 members (excludes halogenated alkanes) is 29. The molecular weight excluding hydrogens is 661 g/mol. The zero-order valence-corrected chi connectivity index (χ0v) is 36.0. The highest BCUT2D eigenvalue weighted by atomic mass is 16.6. The summed E-state index contributed by atoms with van der Waals surface area (Å²) in [5, 5.41) is 0. The summed E-state index contributed by atoms with van der Waals surface area (Å²) in [7, 11) is 0. The van der Waals surface area contributed by atoms with Crippen molar-refractivity contribution in [3.8, 4) is 0 Å². The average molecular weight is 751 g/mol. The van der Waals surface area contributed by atoms with E-state index in [-0.39, 0.29) is 31.1 Å². The van der Waals surface area contributed by atoms with Gasteiger partial charge in [-0.25, -0.2) is 0 Å². The molecule has 0 saturated heterocycles. The molecule has 0 spiro atoms. The molecule has 0 aromatic carbocycles. The predicted octanol–water partition coefficient (Wildman–Crippen LogP) is 14.7. The highest BCUT2D eigenvalue weighted by molar-refractivity contribution is 5.71. The van der Waals surface area contributed by atoms with Crippen LogP contribution in [0.5, 0.6) is 0 Å². The van der Waals surface area contributed by atoms with E-state index in [1.54, 1.807) is 0 Å². The van der Waals surface area contributed by atoms with Crippen LogP contribution in [0, 0.1) is 5.92 Å². The number of esters is 3. The topological polar surface area (TPSA) is 78.9 Å². The Morgan fingerprint density at radius 3 is 0.925 bits per heavy atom. The lowest BCUT2D eigenvalue weighted by atomic mass is 10.0. The maximum absolute atomic E-state index is 12.7. The summed E-state index contributed by atoms with van der Waals surface area (Å²) < 4.78 is 16.7. The molecule has 0 heterocycles. The van der Waals surface area contributed by atoms with Crippen molar-refractivity contribution in [1.82, 2.24) is 0 Å². The third-order valence-corrected chi connectivity index (χ3v) is 10.5. The Hall–Kier alpha value is -1.59. The van der Waals surface area contributed by atoms with Gasteiger partial charge < -0.3 is 14.2 Å². The normalized spacial score (nSPS) is 11.9. The molecular formula is C47H90O6. The largest absolute Gasteiger partial charge is 0.462 e. The van der Waals surface area contributed by atoms with Crippen LogP contribution in [-0.4, -0.2) is 37.2 Å². The van der Waals surface area contributed by atoms with Crippen molar-refractivity contribution >= 4 is 17.9 Å². The summed E-state index contributed by atoms with van der Waals surface area (Å²) in [6.07, 6.45) is 40.8. The molecule has 314 valence electrons. The highest BCUT2D eigenvalue weighted by Gasteiger charge is 2.19. The Kier molecular flexibility index (Phi) is 40.3. The van der Waals surface area contributed by atoms with Crippen LogP contribution in [0.3, 0.4) is 0 Å². The molecule has 0 aromatic heterocycles. The highest BCUT2D eigenvalue weighted by Crippen LogP contribution is 2.16. The SMILES string of the molecule is CCCCCCCCCCCCCCCC(=O)OC[C@H](COC(=O)CCCCCCCCCCC(C)C)OC(=O)CCCCCCCCCCCCC. The van der Waals surface area contributed by atoms with E-state index in [4.69, 9.17) is 14.2 Å². The van der Waals surface area contributed by atoms with Gasteiger partial charge in [0.15, 0.2) is 6.10 Å². The molecule has 0 bridgehead atoms. The summed E-state index contributed by atoms with van der Waals surface area (Å²) in [6.45, 7) is 8.96. The zero-order valence-electron chi connectivity index (χ0n) is 36.0. The number of hydrogen-bond acceptors (Lipinski definition) is 6. The first kappa shape index (κ1) is 51.4. The van der Waals surface area contributed by atoms with Gasteiger partial charge in [0, 0.05) is 19.3 Å². The Labute approximate surface area is 329 Å². The van der Waals surface area contributed by atoms with Crippen molar-refractivity contribution in [3.63, 3.8) is 0 Å². The molecule has 0 aliphatic carbocycles. The van der Waals surface area contributed by atoms with Gasteiger partial charge in [0.1, 0.15) is 13.2 Å². The Bertz CT molecular complexity index is 796. The van der Waals surface area contributed by atoms with Gasteiger partial charge in [-0.05, 0) is 25.2 Å². The fraction of sp³-hybridized carbons (Fsp3) is 0.936. The molecule has 0 amide bonds. The average Bonchev–Trinajstić information content (AvgIpc) is 3.14. The summed E-state index contributed by atoms with van der Waals surface area (Å²) in [5.41, 5.74) is 0. The van der Waals surface area contributed by atoms with E-state index in [9.17, 15) is 14.4 Å². The summed E-state index contributed by atoms with van der Waals surface area (Å²) in [4.78, 5) is 37.7. The van der Waals surface area contributed by atoms with Crippen LogP contribution < -0.4 is 0 Å². The number of carbonyl (C=O) groups is 3. The monoisotopic (exact) mass is 751 g/mol. The molecule has 0 saturated carbocycles. The molecule has 0 aromatic rings. The molecule has 0 aliphatic rings. The number of carbonyl (C=O) groups excluding carboxylic acids is 3. The predicted molar refractivity (Wildman–Crippen MR) is 224 cm³/mol. The van der Waals surface area contributed by atoms with Crippen LogP contribution in [0.1, 0.15) is 259 Å². The van der Waals surface area contributed by atoms with Crippen molar-refractivity contribution in [2.24, 2.45) is 5.92 Å². The minimum absolute atomic E-state index is 0.0638. The quantitative estimate of drug-likeness (QED) is 0.0351. The van der Waals surface area contributed by atoms with E-state index in [0.29, 0.717) is 19.3 Å². The van der Waals surface area contributed by atoms with E-state index < -0.39 is 6.10 Å². The smallest absolute Gasteiger partial charge is 0.306 e. The molecule has 6 nitrogen and oxygen atoms in total. The van der Waals surface area contributed by atoms with Crippen LogP contribution >= 0.6 is 0 Å². The fourth-order valence-electron chi connectivity index (χ4n) is 6.98. The molecule has 0 radical (unpaired) electrons. The molecule has 1 atom stereocenters. The maximum atomic E-state index is 12.7. The molecule has 0 rings (SSSR count). The van der Waals surface area contributed by atoms with E-state index in [0.717, 1.165) is 63.7 Å². The van der Waals surface area contributed by atoms with E-state index in [1.165, 1.54) is 154 Å². The molecule has 0 unspecified atom stereocenters. The van der Waals surface area contributed by atoms with Gasteiger partial charge in [-0.2, -0.15) is 0 Å². The maximum Gasteiger partial charge on any atom is 0.306 e. The van der Waals surface area contributed by atoms with Crippen LogP contribution in [0.4, 0.5) is 0 Å². The third-order valence-electron chi connectivity index (χ3n) is 10.5. The number of ether oxygens (including phenoxy) is 3. The Balaban J connectivity index is 4.32. The van der Waals surface area contributed by atoms with Gasteiger partial charge in [-0.3, -0.25) is 14.4 Å². The summed E-state index contributed by atoms with van der Waals surface area (Å²) in [5.74, 6) is -0.0574. The third kappa shape index (κ3) is 41.4. The zero-order chi connectivity index (χ0) is 38.9. The molecule has 0 N–H and O–H groups in total. The number of hydrogen-bond donors (Lipinski definition) is 0. The van der Waals surface area contributed by atoms with Crippen molar-refractivity contribution in [3.05, 3.63) is 0 Å². The van der Waals surface area contributed by atoms with Gasteiger partial charge in [-0.15, -0.1) is 0 Å². The van der Waals surface area contributed by atoms with Gasteiger partial charge in [0.05, 0.1) is 0 Å². The van der Waals surface area contributed by atoms with E-state index in [1.807, 2.05) is 0 Å². The minimum atomic E-state index is -0.759. The van der Waals surface area contributed by atoms with E-state index >= 15 is 0 Å². The molecule has 0 aliphatic heterocycles. The van der Waals surface area contributed by atoms with Gasteiger partial charge in [0.25, 0.3) is 0 Å². The van der Waals surface area contributed by atoms with Crippen molar-refractivity contribution in [2.75, 3.05) is 13.2 Å². The van der Waals surface area contributed by atoms with Crippen LogP contribution in [0.25, 0.3) is 0 Å². The Morgan fingerprint density at radius 2 is 0.623 bits per heavy atom. The Morgan fingerprint density at radius 1 is 0.358 bits per heavy atom. The van der Waals surface area contributed by atoms with Gasteiger partial charge in [-0.1, -0.05) is 220 Å². The fourth-order valence-corrected chi connectivity index (χ4v) is 6.98. The van der Waals surface area contributed by atoms with Crippen molar-refractivity contribution in [2.45, 2.75) is 265 Å². The van der Waals surface area contributed by atoms with E-state index in [2.05, 4.69) is 27.7 Å². The lowest BCUT2D eigenvalue weighted by Crippen LogP contribution is -2.30. The second-order valence-corrected chi connectivity index (χ2v) is 16.5.